The molecule has 1 atom stereocenters. The molecule has 0 saturated heterocycles. The molecule has 3 aromatic heterocycles. The third-order valence-corrected chi connectivity index (χ3v) is 5.02. The van der Waals surface area contributed by atoms with Crippen molar-refractivity contribution in [3.8, 4) is 5.88 Å². The number of nitrogens with zero attached hydrogens (tertiary/aromatic N) is 5. The molecule has 10 nitrogen and oxygen atoms in total. The van der Waals surface area contributed by atoms with Crippen LogP contribution < -0.4 is 15.8 Å². The minimum Gasteiger partial charge on any atom is -0.477 e. The van der Waals surface area contributed by atoms with Crippen LogP contribution in [0.5, 0.6) is 5.88 Å². The van der Waals surface area contributed by atoms with Crippen LogP contribution in [0.2, 0.25) is 5.02 Å². The number of H-pyrrole nitrogens is 1. The summed E-state index contributed by atoms with van der Waals surface area (Å²) in [6.07, 6.45) is 3.42. The summed E-state index contributed by atoms with van der Waals surface area (Å²) in [4.78, 5) is 36.1. The second-order valence-corrected chi connectivity index (χ2v) is 6.87. The van der Waals surface area contributed by atoms with Gasteiger partial charge in [-0.1, -0.05) is 30.3 Å². The number of rotatable bonds is 7. The van der Waals surface area contributed by atoms with E-state index in [1.807, 2.05) is 13.8 Å². The number of carbonyl (C=O) groups is 1. The number of aromatic amines is 1. The van der Waals surface area contributed by atoms with Gasteiger partial charge in [0.15, 0.2) is 5.65 Å². The zero-order chi connectivity index (χ0) is 19.4. The minimum atomic E-state index is -0.458. The Hall–Kier alpha value is -2.66. The molecule has 0 saturated carbocycles. The molecule has 27 heavy (non-hydrogen) atoms. The van der Waals surface area contributed by atoms with Crippen LogP contribution in [0.3, 0.4) is 0 Å². The zero-order valence-electron chi connectivity index (χ0n) is 14.6. The Morgan fingerprint density at radius 2 is 2.19 bits per heavy atom. The topological polar surface area (TPSA) is 145 Å². The second kappa shape index (κ2) is 8.35. The van der Waals surface area contributed by atoms with E-state index in [1.54, 1.807) is 0 Å². The quantitative estimate of drug-likeness (QED) is 0.395. The van der Waals surface area contributed by atoms with Gasteiger partial charge in [0.05, 0.1) is 24.4 Å². The minimum absolute atomic E-state index is 0.0924. The SMILES string of the molecule is CCOc1nc(NC(=O)[C@@H](CC)Sc2nc(N)nc3nc[nH]c23)ncc1Cl. The first kappa shape index (κ1) is 19.1. The van der Waals surface area contributed by atoms with Crippen molar-refractivity contribution in [2.45, 2.75) is 30.5 Å². The number of aromatic nitrogens is 6. The smallest absolute Gasteiger partial charge is 0.240 e. The van der Waals surface area contributed by atoms with Crippen LogP contribution in [-0.2, 0) is 4.79 Å². The maximum atomic E-state index is 12.7. The van der Waals surface area contributed by atoms with Gasteiger partial charge in [-0.3, -0.25) is 10.1 Å². The summed E-state index contributed by atoms with van der Waals surface area (Å²) in [5, 5.41) is 3.03. The van der Waals surface area contributed by atoms with Crippen molar-refractivity contribution in [1.29, 1.82) is 0 Å². The zero-order valence-corrected chi connectivity index (χ0v) is 16.1. The van der Waals surface area contributed by atoms with E-state index in [4.69, 9.17) is 22.1 Å². The van der Waals surface area contributed by atoms with Gasteiger partial charge in [0, 0.05) is 0 Å². The van der Waals surface area contributed by atoms with Crippen LogP contribution in [-0.4, -0.2) is 47.7 Å². The van der Waals surface area contributed by atoms with Crippen LogP contribution >= 0.6 is 23.4 Å². The van der Waals surface area contributed by atoms with E-state index < -0.39 is 5.25 Å². The molecule has 0 fully saturated rings. The molecule has 0 unspecified atom stereocenters. The number of imidazole rings is 1. The van der Waals surface area contributed by atoms with E-state index in [1.165, 1.54) is 24.3 Å². The van der Waals surface area contributed by atoms with Gasteiger partial charge < -0.3 is 15.5 Å². The lowest BCUT2D eigenvalue weighted by Crippen LogP contribution is -2.26. The number of fused-ring (bicyclic) bond motifs is 1. The Morgan fingerprint density at radius 1 is 1.37 bits per heavy atom. The number of amides is 1. The van der Waals surface area contributed by atoms with Gasteiger partial charge in [-0.05, 0) is 13.3 Å². The molecule has 1 amide bonds. The Bertz CT molecular complexity index is 966. The molecule has 142 valence electrons. The maximum absolute atomic E-state index is 12.7. The lowest BCUT2D eigenvalue weighted by molar-refractivity contribution is -0.115. The first-order chi connectivity index (χ1) is 13.0. The molecule has 3 heterocycles. The van der Waals surface area contributed by atoms with Crippen LogP contribution in [0.1, 0.15) is 20.3 Å². The van der Waals surface area contributed by atoms with Gasteiger partial charge in [0.25, 0.3) is 0 Å². The molecule has 0 bridgehead atoms. The third-order valence-electron chi connectivity index (χ3n) is 3.41. The van der Waals surface area contributed by atoms with Crippen molar-refractivity contribution in [3.63, 3.8) is 0 Å². The van der Waals surface area contributed by atoms with E-state index in [-0.39, 0.29) is 28.7 Å². The van der Waals surface area contributed by atoms with Crippen molar-refractivity contribution >= 4 is 52.3 Å². The summed E-state index contributed by atoms with van der Waals surface area (Å²) < 4.78 is 5.31. The highest BCUT2D eigenvalue weighted by atomic mass is 35.5. The summed E-state index contributed by atoms with van der Waals surface area (Å²) in [6, 6.07) is 0. The number of ether oxygens (including phenoxy) is 1. The summed E-state index contributed by atoms with van der Waals surface area (Å²) in [5.41, 5.74) is 6.80. The fourth-order valence-corrected chi connectivity index (χ4v) is 3.37. The second-order valence-electron chi connectivity index (χ2n) is 5.27. The predicted molar refractivity (Wildman–Crippen MR) is 103 cm³/mol. The predicted octanol–water partition coefficient (Wildman–Crippen LogP) is 2.29. The lowest BCUT2D eigenvalue weighted by Gasteiger charge is -2.14. The van der Waals surface area contributed by atoms with Crippen molar-refractivity contribution in [2.24, 2.45) is 0 Å². The first-order valence-corrected chi connectivity index (χ1v) is 9.37. The Labute approximate surface area is 163 Å². The number of carbonyl (C=O) groups excluding carboxylic acids is 1. The normalized spacial score (nSPS) is 12.1. The number of nitrogens with two attached hydrogens (primary N) is 1. The fraction of sp³-hybridized carbons (Fsp3) is 0.333. The average molecular weight is 409 g/mol. The molecule has 3 aromatic rings. The number of thioether (sulfide) groups is 1. The van der Waals surface area contributed by atoms with Crippen LogP contribution in [0.15, 0.2) is 17.6 Å². The lowest BCUT2D eigenvalue weighted by atomic mass is 10.3. The largest absolute Gasteiger partial charge is 0.477 e. The van der Waals surface area contributed by atoms with Crippen molar-refractivity contribution < 1.29 is 9.53 Å². The summed E-state index contributed by atoms with van der Waals surface area (Å²) in [5.74, 6) is 0.139. The molecule has 4 N–H and O–H groups in total. The van der Waals surface area contributed by atoms with E-state index >= 15 is 0 Å². The average Bonchev–Trinajstić information content (AvgIpc) is 3.10. The number of nitrogens with one attached hydrogen (secondary N) is 2. The molecular formula is C15H17ClN8O2S. The van der Waals surface area contributed by atoms with Gasteiger partial charge in [0.2, 0.25) is 23.7 Å². The number of hydrogen-bond acceptors (Lipinski definition) is 9. The summed E-state index contributed by atoms with van der Waals surface area (Å²) >= 11 is 7.22. The van der Waals surface area contributed by atoms with Gasteiger partial charge in [-0.15, -0.1) is 0 Å². The highest BCUT2D eigenvalue weighted by Crippen LogP contribution is 2.30. The number of anilines is 2. The molecule has 0 aromatic carbocycles. The third kappa shape index (κ3) is 4.37. The van der Waals surface area contributed by atoms with Gasteiger partial charge in [0.1, 0.15) is 15.6 Å². The fourth-order valence-electron chi connectivity index (χ4n) is 2.21. The van der Waals surface area contributed by atoms with E-state index in [0.29, 0.717) is 29.2 Å². The van der Waals surface area contributed by atoms with Crippen LogP contribution in [0, 0.1) is 0 Å². The molecule has 12 heteroatoms. The highest BCUT2D eigenvalue weighted by Gasteiger charge is 2.22. The van der Waals surface area contributed by atoms with Crippen LogP contribution in [0.25, 0.3) is 11.2 Å². The Morgan fingerprint density at radius 3 is 2.93 bits per heavy atom. The molecule has 0 radical (unpaired) electrons. The monoisotopic (exact) mass is 408 g/mol. The number of nitrogen functional groups attached to an aromatic ring is 1. The number of hydrogen-bond donors (Lipinski definition) is 3. The molecule has 0 aliphatic carbocycles. The highest BCUT2D eigenvalue weighted by molar-refractivity contribution is 8.00. The molecule has 0 aliphatic rings. The van der Waals surface area contributed by atoms with E-state index in [2.05, 4.69) is 35.2 Å². The van der Waals surface area contributed by atoms with Crippen molar-refractivity contribution in [2.75, 3.05) is 17.7 Å². The Balaban J connectivity index is 1.78. The van der Waals surface area contributed by atoms with Gasteiger partial charge >= 0.3 is 0 Å². The van der Waals surface area contributed by atoms with Gasteiger partial charge in [-0.25, -0.2) is 15.0 Å². The molecule has 0 aliphatic heterocycles. The molecular weight excluding hydrogens is 392 g/mol. The van der Waals surface area contributed by atoms with Gasteiger partial charge in [-0.2, -0.15) is 9.97 Å². The van der Waals surface area contributed by atoms with E-state index in [0.717, 1.165) is 0 Å². The Kier molecular flexibility index (Phi) is 5.91. The molecule has 0 spiro atoms. The summed E-state index contributed by atoms with van der Waals surface area (Å²) in [7, 11) is 0. The standard InChI is InChI=1S/C15H17ClN8O2S/c1-3-8(27-13-9-10(20-6-19-9)21-14(17)24-13)11(25)22-15-18-5-7(16)12(23-15)26-4-2/h5-6,8H,3-4H2,1-2H3,(H,18,22,23,25)(H3,17,19,20,21,24)/t8-/m1/s1. The van der Waals surface area contributed by atoms with E-state index in [9.17, 15) is 4.79 Å². The van der Waals surface area contributed by atoms with Crippen molar-refractivity contribution in [1.82, 2.24) is 29.9 Å². The van der Waals surface area contributed by atoms with Crippen LogP contribution in [0.4, 0.5) is 11.9 Å². The molecule has 3 rings (SSSR count). The first-order valence-electron chi connectivity index (χ1n) is 8.11. The maximum Gasteiger partial charge on any atom is 0.240 e. The number of halogens is 1. The summed E-state index contributed by atoms with van der Waals surface area (Å²) in [6.45, 7) is 4.09. The van der Waals surface area contributed by atoms with Crippen molar-refractivity contribution in [3.05, 3.63) is 17.5 Å².